The Morgan fingerprint density at radius 1 is 1.32 bits per heavy atom. The molecule has 0 saturated carbocycles. The molecule has 1 aromatic rings. The van der Waals surface area contributed by atoms with Gasteiger partial charge in [0.25, 0.3) is 0 Å². The number of hydrogen-bond acceptors (Lipinski definition) is 3. The van der Waals surface area contributed by atoms with Crippen molar-refractivity contribution in [2.75, 3.05) is 13.1 Å². The molecule has 3 atom stereocenters. The highest BCUT2D eigenvalue weighted by molar-refractivity contribution is 5.84. The minimum Gasteiger partial charge on any atom is -0.369 e. The average molecular weight is 347 g/mol. The Morgan fingerprint density at radius 3 is 2.60 bits per heavy atom. The summed E-state index contributed by atoms with van der Waals surface area (Å²) in [6.07, 6.45) is 1.44. The Bertz CT molecular complexity index is 647. The molecule has 2 aliphatic heterocycles. The Balaban J connectivity index is 1.73. The van der Waals surface area contributed by atoms with Crippen LogP contribution in [0.15, 0.2) is 24.3 Å². The van der Waals surface area contributed by atoms with Gasteiger partial charge in [-0.15, -0.1) is 0 Å². The quantitative estimate of drug-likeness (QED) is 0.883. The van der Waals surface area contributed by atoms with E-state index in [1.54, 1.807) is 12.1 Å². The first kappa shape index (κ1) is 17.9. The van der Waals surface area contributed by atoms with Crippen LogP contribution in [-0.2, 0) is 16.1 Å². The minimum absolute atomic E-state index is 0.0305. The van der Waals surface area contributed by atoms with E-state index in [4.69, 9.17) is 5.73 Å². The second-order valence-corrected chi connectivity index (χ2v) is 7.69. The molecule has 2 amide bonds. The first-order chi connectivity index (χ1) is 11.8. The zero-order valence-corrected chi connectivity index (χ0v) is 14.8. The van der Waals surface area contributed by atoms with Crippen LogP contribution < -0.4 is 5.73 Å². The van der Waals surface area contributed by atoms with Crippen LogP contribution in [0.1, 0.15) is 32.3 Å². The van der Waals surface area contributed by atoms with Gasteiger partial charge in [0.05, 0.1) is 12.5 Å². The number of amides is 2. The second kappa shape index (κ2) is 7.12. The standard InChI is InChI=1S/C19H26FN3O2/c1-12(2)7-17-16(19(21)25)8-15-10-22(11-18(24)23(15)17)9-13-3-5-14(20)6-4-13/h3-6,12,15-17H,7-11H2,1-2H3,(H2,21,25)/t15-,16-,17-/m1/s1. The van der Waals surface area contributed by atoms with Gasteiger partial charge in [-0.05, 0) is 36.5 Å². The Hall–Kier alpha value is -1.95. The van der Waals surface area contributed by atoms with Crippen LogP contribution in [0.25, 0.3) is 0 Å². The summed E-state index contributed by atoms with van der Waals surface area (Å²) in [6, 6.07) is 6.31. The molecule has 2 N–H and O–H groups in total. The molecule has 2 saturated heterocycles. The molecular weight excluding hydrogens is 321 g/mol. The van der Waals surface area contributed by atoms with Gasteiger partial charge in [0, 0.05) is 25.2 Å². The SMILES string of the molecule is CC(C)C[C@@H]1[C@H](C(N)=O)C[C@@H]2CN(Cc3ccc(F)cc3)CC(=O)N21. The molecule has 0 bridgehead atoms. The number of carbonyl (C=O) groups is 2. The molecule has 0 aromatic heterocycles. The first-order valence-electron chi connectivity index (χ1n) is 8.92. The van der Waals surface area contributed by atoms with Crippen LogP contribution in [0.5, 0.6) is 0 Å². The number of nitrogens with two attached hydrogens (primary N) is 1. The molecule has 2 aliphatic rings. The van der Waals surface area contributed by atoms with E-state index >= 15 is 0 Å². The molecule has 3 rings (SSSR count). The van der Waals surface area contributed by atoms with Crippen molar-refractivity contribution in [2.24, 2.45) is 17.6 Å². The average Bonchev–Trinajstić information content (AvgIpc) is 2.88. The van der Waals surface area contributed by atoms with Crippen molar-refractivity contribution < 1.29 is 14.0 Å². The van der Waals surface area contributed by atoms with Crippen LogP contribution in [0.2, 0.25) is 0 Å². The summed E-state index contributed by atoms with van der Waals surface area (Å²) >= 11 is 0. The van der Waals surface area contributed by atoms with E-state index in [1.807, 2.05) is 4.90 Å². The lowest BCUT2D eigenvalue weighted by molar-refractivity contribution is -0.141. The summed E-state index contributed by atoms with van der Waals surface area (Å²) in [6.45, 7) is 5.85. The molecule has 2 fully saturated rings. The number of benzene rings is 1. The van der Waals surface area contributed by atoms with Crippen LogP contribution in [-0.4, -0.2) is 46.8 Å². The molecule has 136 valence electrons. The fraction of sp³-hybridized carbons (Fsp3) is 0.579. The molecule has 5 nitrogen and oxygen atoms in total. The molecule has 0 radical (unpaired) electrons. The number of hydrogen-bond donors (Lipinski definition) is 1. The molecule has 1 aromatic carbocycles. The van der Waals surface area contributed by atoms with E-state index in [2.05, 4.69) is 18.7 Å². The van der Waals surface area contributed by atoms with Gasteiger partial charge in [-0.2, -0.15) is 0 Å². The number of halogens is 1. The Labute approximate surface area is 148 Å². The minimum atomic E-state index is -0.307. The van der Waals surface area contributed by atoms with Crippen molar-refractivity contribution in [1.29, 1.82) is 0 Å². The predicted octanol–water partition coefficient (Wildman–Crippen LogP) is 1.76. The third-order valence-corrected chi connectivity index (χ3v) is 5.25. The normalized spacial score (nSPS) is 27.0. The van der Waals surface area contributed by atoms with Gasteiger partial charge in [-0.25, -0.2) is 4.39 Å². The summed E-state index contributed by atoms with van der Waals surface area (Å²) in [5.74, 6) is -0.371. The van der Waals surface area contributed by atoms with Crippen LogP contribution >= 0.6 is 0 Å². The molecule has 0 unspecified atom stereocenters. The molecule has 0 spiro atoms. The largest absolute Gasteiger partial charge is 0.369 e. The fourth-order valence-corrected chi connectivity index (χ4v) is 4.25. The van der Waals surface area contributed by atoms with Crippen molar-refractivity contribution in [3.8, 4) is 0 Å². The van der Waals surface area contributed by atoms with Gasteiger partial charge in [-0.1, -0.05) is 26.0 Å². The van der Waals surface area contributed by atoms with Crippen molar-refractivity contribution >= 4 is 11.8 Å². The third-order valence-electron chi connectivity index (χ3n) is 5.25. The maximum Gasteiger partial charge on any atom is 0.237 e. The van der Waals surface area contributed by atoms with Crippen LogP contribution in [0.4, 0.5) is 4.39 Å². The summed E-state index contributed by atoms with van der Waals surface area (Å²) in [7, 11) is 0. The van der Waals surface area contributed by atoms with E-state index in [-0.39, 0.29) is 35.6 Å². The summed E-state index contributed by atoms with van der Waals surface area (Å²) < 4.78 is 13.1. The Morgan fingerprint density at radius 2 is 2.00 bits per heavy atom. The lowest BCUT2D eigenvalue weighted by Crippen LogP contribution is -2.56. The van der Waals surface area contributed by atoms with Gasteiger partial charge in [0.2, 0.25) is 11.8 Å². The molecule has 6 heteroatoms. The number of primary amides is 1. The van der Waals surface area contributed by atoms with E-state index in [9.17, 15) is 14.0 Å². The van der Waals surface area contributed by atoms with Crippen LogP contribution in [0.3, 0.4) is 0 Å². The lowest BCUT2D eigenvalue weighted by Gasteiger charge is -2.40. The molecule has 2 heterocycles. The van der Waals surface area contributed by atoms with Gasteiger partial charge in [-0.3, -0.25) is 14.5 Å². The van der Waals surface area contributed by atoms with Crippen molar-refractivity contribution in [1.82, 2.24) is 9.80 Å². The smallest absolute Gasteiger partial charge is 0.237 e. The Kier molecular flexibility index (Phi) is 5.08. The van der Waals surface area contributed by atoms with Crippen molar-refractivity contribution in [2.45, 2.75) is 45.3 Å². The van der Waals surface area contributed by atoms with E-state index < -0.39 is 0 Å². The van der Waals surface area contributed by atoms with Gasteiger partial charge >= 0.3 is 0 Å². The molecule has 0 aliphatic carbocycles. The lowest BCUT2D eigenvalue weighted by atomic mass is 9.91. The maximum absolute atomic E-state index is 13.1. The summed E-state index contributed by atoms with van der Waals surface area (Å²) in [5.41, 5.74) is 6.59. The maximum atomic E-state index is 13.1. The van der Waals surface area contributed by atoms with Gasteiger partial charge in [0.1, 0.15) is 5.82 Å². The third kappa shape index (κ3) is 3.84. The van der Waals surface area contributed by atoms with E-state index in [0.29, 0.717) is 25.4 Å². The fourth-order valence-electron chi connectivity index (χ4n) is 4.25. The zero-order valence-electron chi connectivity index (χ0n) is 14.8. The predicted molar refractivity (Wildman–Crippen MR) is 92.9 cm³/mol. The first-order valence-corrected chi connectivity index (χ1v) is 8.92. The molecule has 25 heavy (non-hydrogen) atoms. The highest BCUT2D eigenvalue weighted by atomic mass is 19.1. The van der Waals surface area contributed by atoms with E-state index in [1.165, 1.54) is 12.1 Å². The number of carbonyl (C=O) groups excluding carboxylic acids is 2. The van der Waals surface area contributed by atoms with Crippen molar-refractivity contribution in [3.63, 3.8) is 0 Å². The number of nitrogens with zero attached hydrogens (tertiary/aromatic N) is 2. The molecular formula is C19H26FN3O2. The number of piperazine rings is 1. The second-order valence-electron chi connectivity index (χ2n) is 7.69. The zero-order chi connectivity index (χ0) is 18.1. The summed E-state index contributed by atoms with van der Waals surface area (Å²) in [5, 5.41) is 0. The number of fused-ring (bicyclic) bond motifs is 1. The highest BCUT2D eigenvalue weighted by Crippen LogP contribution is 2.36. The summed E-state index contributed by atoms with van der Waals surface area (Å²) in [4.78, 5) is 28.6. The van der Waals surface area contributed by atoms with Gasteiger partial charge in [0.15, 0.2) is 0 Å². The topological polar surface area (TPSA) is 66.6 Å². The van der Waals surface area contributed by atoms with Gasteiger partial charge < -0.3 is 10.6 Å². The van der Waals surface area contributed by atoms with E-state index in [0.717, 1.165) is 18.5 Å². The van der Waals surface area contributed by atoms with Crippen molar-refractivity contribution in [3.05, 3.63) is 35.6 Å². The highest BCUT2D eigenvalue weighted by Gasteiger charge is 2.48. The number of rotatable bonds is 5. The van der Waals surface area contributed by atoms with Crippen LogP contribution in [0, 0.1) is 17.7 Å². The monoisotopic (exact) mass is 347 g/mol.